The number of carbonyl (C=O) groups is 1. The number of para-hydroxylation sites is 1. The number of hydrogen-bond donors (Lipinski definition) is 2. The van der Waals surface area contributed by atoms with Crippen LogP contribution in [0.25, 0.3) is 33.1 Å². The van der Waals surface area contributed by atoms with Crippen LogP contribution >= 0.6 is 0 Å². The summed E-state index contributed by atoms with van der Waals surface area (Å²) in [4.78, 5) is 32.0. The van der Waals surface area contributed by atoms with Gasteiger partial charge in [0.1, 0.15) is 11.6 Å². The lowest BCUT2D eigenvalue weighted by Crippen LogP contribution is -2.20. The van der Waals surface area contributed by atoms with Crippen molar-refractivity contribution in [1.29, 1.82) is 0 Å². The second-order valence-corrected chi connectivity index (χ2v) is 7.32. The van der Waals surface area contributed by atoms with Gasteiger partial charge in [-0.25, -0.2) is 4.98 Å². The van der Waals surface area contributed by atoms with E-state index in [1.807, 2.05) is 54.6 Å². The average Bonchev–Trinajstić information content (AvgIpc) is 2.83. The third kappa shape index (κ3) is 3.94. The minimum absolute atomic E-state index is 0.117. The molecular weight excluding hydrogens is 402 g/mol. The predicted molar refractivity (Wildman–Crippen MR) is 126 cm³/mol. The molecule has 6 nitrogen and oxygen atoms in total. The molecule has 1 aromatic heterocycles. The second-order valence-electron chi connectivity index (χ2n) is 7.32. The lowest BCUT2D eigenvalue weighted by molar-refractivity contribution is -0.118. The molecule has 4 aromatic carbocycles. The Labute approximate surface area is 183 Å². The van der Waals surface area contributed by atoms with Gasteiger partial charge in [0.05, 0.1) is 10.9 Å². The molecule has 0 radical (unpaired) electrons. The Kier molecular flexibility index (Phi) is 5.09. The standard InChI is InChI=1S/C26H19N3O3/c30-24(27-22-11-5-7-17-6-1-2-8-20(17)22)16-32-19-14-12-18(13-15-19)25-28-23-10-4-3-9-21(23)26(31)29-25/h1-15H,16H2,(H,27,30)(H,28,29,31). The fourth-order valence-corrected chi connectivity index (χ4v) is 3.60. The summed E-state index contributed by atoms with van der Waals surface area (Å²) in [5, 5.41) is 5.49. The highest BCUT2D eigenvalue weighted by molar-refractivity contribution is 6.02. The molecule has 0 atom stereocenters. The van der Waals surface area contributed by atoms with E-state index >= 15 is 0 Å². The number of ether oxygens (including phenoxy) is 1. The molecule has 0 bridgehead atoms. The van der Waals surface area contributed by atoms with Crippen molar-refractivity contribution >= 4 is 33.3 Å². The van der Waals surface area contributed by atoms with E-state index < -0.39 is 0 Å². The van der Waals surface area contributed by atoms with Crippen LogP contribution in [0.5, 0.6) is 5.75 Å². The maximum atomic E-state index is 12.4. The number of amides is 1. The Hall–Kier alpha value is -4.45. The van der Waals surface area contributed by atoms with Gasteiger partial charge in [-0.2, -0.15) is 0 Å². The zero-order valence-corrected chi connectivity index (χ0v) is 17.0. The van der Waals surface area contributed by atoms with Crippen molar-refractivity contribution in [3.05, 3.63) is 101 Å². The largest absolute Gasteiger partial charge is 0.484 e. The summed E-state index contributed by atoms with van der Waals surface area (Å²) in [6.07, 6.45) is 0. The Balaban J connectivity index is 1.27. The maximum Gasteiger partial charge on any atom is 0.262 e. The van der Waals surface area contributed by atoms with Crippen molar-refractivity contribution in [2.24, 2.45) is 0 Å². The van der Waals surface area contributed by atoms with Gasteiger partial charge in [-0.05, 0) is 47.9 Å². The Bertz CT molecular complexity index is 1490. The molecule has 0 unspecified atom stereocenters. The molecule has 32 heavy (non-hydrogen) atoms. The lowest BCUT2D eigenvalue weighted by Gasteiger charge is -2.10. The van der Waals surface area contributed by atoms with Gasteiger partial charge in [0.25, 0.3) is 11.5 Å². The number of aromatic nitrogens is 2. The van der Waals surface area contributed by atoms with E-state index in [4.69, 9.17) is 4.74 Å². The number of H-pyrrole nitrogens is 1. The molecule has 1 amide bonds. The molecule has 156 valence electrons. The van der Waals surface area contributed by atoms with Crippen molar-refractivity contribution in [3.8, 4) is 17.1 Å². The van der Waals surface area contributed by atoms with Gasteiger partial charge in [0, 0.05) is 16.6 Å². The second kappa shape index (κ2) is 8.35. The lowest BCUT2D eigenvalue weighted by atomic mass is 10.1. The summed E-state index contributed by atoms with van der Waals surface area (Å²) in [7, 11) is 0. The van der Waals surface area contributed by atoms with Crippen molar-refractivity contribution in [2.45, 2.75) is 0 Å². The highest BCUT2D eigenvalue weighted by Gasteiger charge is 2.08. The van der Waals surface area contributed by atoms with Crippen LogP contribution in [0.15, 0.2) is 95.8 Å². The van der Waals surface area contributed by atoms with Crippen molar-refractivity contribution in [1.82, 2.24) is 9.97 Å². The number of anilines is 1. The Morgan fingerprint density at radius 3 is 2.41 bits per heavy atom. The first-order valence-corrected chi connectivity index (χ1v) is 10.2. The fraction of sp³-hybridized carbons (Fsp3) is 0.0385. The quantitative estimate of drug-likeness (QED) is 0.429. The van der Waals surface area contributed by atoms with E-state index in [2.05, 4.69) is 15.3 Å². The van der Waals surface area contributed by atoms with E-state index in [0.29, 0.717) is 22.5 Å². The average molecular weight is 421 g/mol. The molecule has 0 fully saturated rings. The predicted octanol–water partition coefficient (Wildman–Crippen LogP) is 4.76. The normalized spacial score (nSPS) is 10.9. The summed E-state index contributed by atoms with van der Waals surface area (Å²) in [6.45, 7) is -0.117. The zero-order valence-electron chi connectivity index (χ0n) is 17.0. The molecule has 1 heterocycles. The number of nitrogens with zero attached hydrogens (tertiary/aromatic N) is 1. The number of benzene rings is 4. The maximum absolute atomic E-state index is 12.4. The van der Waals surface area contributed by atoms with Crippen LogP contribution in [0.4, 0.5) is 5.69 Å². The van der Waals surface area contributed by atoms with Crippen LogP contribution < -0.4 is 15.6 Å². The van der Waals surface area contributed by atoms with Crippen LogP contribution in [0.3, 0.4) is 0 Å². The van der Waals surface area contributed by atoms with E-state index in [-0.39, 0.29) is 18.1 Å². The first-order chi connectivity index (χ1) is 15.7. The van der Waals surface area contributed by atoms with Crippen LogP contribution in [0.2, 0.25) is 0 Å². The first kappa shape index (κ1) is 19.5. The molecule has 0 aliphatic carbocycles. The minimum Gasteiger partial charge on any atom is -0.484 e. The van der Waals surface area contributed by atoms with Gasteiger partial charge >= 0.3 is 0 Å². The Morgan fingerprint density at radius 1 is 0.844 bits per heavy atom. The summed E-state index contributed by atoms with van der Waals surface area (Å²) in [6, 6.07) is 27.9. The molecule has 0 spiro atoms. The first-order valence-electron chi connectivity index (χ1n) is 10.2. The Morgan fingerprint density at radius 2 is 1.56 bits per heavy atom. The zero-order chi connectivity index (χ0) is 21.9. The van der Waals surface area contributed by atoms with Gasteiger partial charge in [-0.15, -0.1) is 0 Å². The van der Waals surface area contributed by atoms with Crippen molar-refractivity contribution in [2.75, 3.05) is 11.9 Å². The van der Waals surface area contributed by atoms with Crippen LogP contribution in [-0.4, -0.2) is 22.5 Å². The molecule has 0 aliphatic heterocycles. The number of fused-ring (bicyclic) bond motifs is 2. The molecule has 5 rings (SSSR count). The van der Waals surface area contributed by atoms with Crippen molar-refractivity contribution < 1.29 is 9.53 Å². The fourth-order valence-electron chi connectivity index (χ4n) is 3.60. The summed E-state index contributed by atoms with van der Waals surface area (Å²) in [5.41, 5.74) is 1.95. The molecule has 6 heteroatoms. The molecule has 5 aromatic rings. The number of rotatable bonds is 5. The SMILES string of the molecule is O=C(COc1ccc(-c2nc3ccccc3c(=O)[nH]2)cc1)Nc1cccc2ccccc12. The van der Waals surface area contributed by atoms with Crippen molar-refractivity contribution in [3.63, 3.8) is 0 Å². The summed E-state index contributed by atoms with van der Waals surface area (Å²) >= 11 is 0. The molecule has 0 aliphatic rings. The van der Waals surface area contributed by atoms with E-state index in [1.54, 1.807) is 36.4 Å². The van der Waals surface area contributed by atoms with Crippen LogP contribution in [0, 0.1) is 0 Å². The van der Waals surface area contributed by atoms with Gasteiger partial charge < -0.3 is 15.0 Å². The minimum atomic E-state index is -0.244. The smallest absolute Gasteiger partial charge is 0.262 e. The van der Waals surface area contributed by atoms with Gasteiger partial charge in [-0.3, -0.25) is 9.59 Å². The summed E-state index contributed by atoms with van der Waals surface area (Å²) in [5.74, 6) is 0.782. The van der Waals surface area contributed by atoms with Gasteiger partial charge in [0.15, 0.2) is 6.61 Å². The topological polar surface area (TPSA) is 84.1 Å². The monoisotopic (exact) mass is 421 g/mol. The molecule has 0 saturated carbocycles. The van der Waals surface area contributed by atoms with Gasteiger partial charge in [-0.1, -0.05) is 48.5 Å². The van der Waals surface area contributed by atoms with Crippen LogP contribution in [0.1, 0.15) is 0 Å². The third-order valence-electron chi connectivity index (χ3n) is 5.17. The number of hydrogen-bond acceptors (Lipinski definition) is 4. The molecule has 0 saturated heterocycles. The van der Waals surface area contributed by atoms with Gasteiger partial charge in [0.2, 0.25) is 0 Å². The molecule has 2 N–H and O–H groups in total. The highest BCUT2D eigenvalue weighted by Crippen LogP contribution is 2.23. The van der Waals surface area contributed by atoms with Crippen LogP contribution in [-0.2, 0) is 4.79 Å². The number of carbonyl (C=O) groups excluding carboxylic acids is 1. The number of aromatic amines is 1. The third-order valence-corrected chi connectivity index (χ3v) is 5.17. The van der Waals surface area contributed by atoms with E-state index in [1.165, 1.54) is 0 Å². The van der Waals surface area contributed by atoms with E-state index in [9.17, 15) is 9.59 Å². The molecular formula is C26H19N3O3. The number of nitrogens with one attached hydrogen (secondary N) is 2. The highest BCUT2D eigenvalue weighted by atomic mass is 16.5. The van der Waals surface area contributed by atoms with E-state index in [0.717, 1.165) is 22.0 Å². The summed E-state index contributed by atoms with van der Waals surface area (Å²) < 4.78 is 5.63.